The molecule has 1 aliphatic heterocycles. The number of aromatic nitrogens is 1. The third kappa shape index (κ3) is 5.46. The average Bonchev–Trinajstić information content (AvgIpc) is 3.49. The van der Waals surface area contributed by atoms with Crippen LogP contribution in [0.2, 0.25) is 0 Å². The van der Waals surface area contributed by atoms with Crippen molar-refractivity contribution < 1.29 is 14.3 Å². The van der Waals surface area contributed by atoms with Crippen LogP contribution in [0.1, 0.15) is 4.88 Å². The van der Waals surface area contributed by atoms with E-state index in [1.54, 1.807) is 37.5 Å². The normalized spacial score (nSPS) is 15.6. The summed E-state index contributed by atoms with van der Waals surface area (Å²) >= 11 is 2.64. The number of carbonyl (C=O) groups excluding carboxylic acids is 1. The third-order valence-electron chi connectivity index (χ3n) is 5.34. The SMILES string of the molecule is COc1ccc(-n2c(=O)/c(=C/c3cccs3)s/c2=C(/C#N)C(=O)NCCN2CCOCC2)cc1. The summed E-state index contributed by atoms with van der Waals surface area (Å²) in [4.78, 5) is 29.5. The Morgan fingerprint density at radius 2 is 2.03 bits per heavy atom. The van der Waals surface area contributed by atoms with Crippen LogP contribution in [-0.2, 0) is 9.53 Å². The number of nitrogens with zero attached hydrogens (tertiary/aromatic N) is 3. The summed E-state index contributed by atoms with van der Waals surface area (Å²) < 4.78 is 12.7. The summed E-state index contributed by atoms with van der Waals surface area (Å²) in [6.45, 7) is 4.05. The highest BCUT2D eigenvalue weighted by atomic mass is 32.1. The Morgan fingerprint density at radius 1 is 1.26 bits per heavy atom. The van der Waals surface area contributed by atoms with Crippen LogP contribution in [0.3, 0.4) is 0 Å². The molecule has 1 amide bonds. The fourth-order valence-corrected chi connectivity index (χ4v) is 5.38. The number of carbonyl (C=O) groups is 1. The van der Waals surface area contributed by atoms with Gasteiger partial charge in [0.15, 0.2) is 5.57 Å². The van der Waals surface area contributed by atoms with E-state index in [0.717, 1.165) is 29.3 Å². The predicted octanol–water partition coefficient (Wildman–Crippen LogP) is 0.921. The monoisotopic (exact) mass is 496 g/mol. The lowest BCUT2D eigenvalue weighted by Crippen LogP contribution is -2.42. The number of nitrogens with one attached hydrogen (secondary N) is 1. The molecule has 1 aliphatic rings. The molecule has 0 atom stereocenters. The molecule has 2 aromatic heterocycles. The van der Waals surface area contributed by atoms with Crippen molar-refractivity contribution in [3.8, 4) is 17.5 Å². The molecule has 4 rings (SSSR count). The number of rotatable bonds is 7. The van der Waals surface area contributed by atoms with Crippen molar-refractivity contribution >= 4 is 40.2 Å². The maximum Gasteiger partial charge on any atom is 0.273 e. The number of amides is 1. The van der Waals surface area contributed by atoms with Gasteiger partial charge in [0, 0.05) is 31.1 Å². The molecule has 3 heterocycles. The summed E-state index contributed by atoms with van der Waals surface area (Å²) in [6.07, 6.45) is 1.78. The summed E-state index contributed by atoms with van der Waals surface area (Å²) in [5.74, 6) is 0.145. The number of thiazole rings is 1. The van der Waals surface area contributed by atoms with Gasteiger partial charge in [-0.2, -0.15) is 5.26 Å². The lowest BCUT2D eigenvalue weighted by Gasteiger charge is -2.26. The highest BCUT2D eigenvalue weighted by Crippen LogP contribution is 2.13. The molecular formula is C24H24N4O4S2. The van der Waals surface area contributed by atoms with Gasteiger partial charge in [-0.15, -0.1) is 22.7 Å². The first-order valence-corrected chi connectivity index (χ1v) is 12.4. The van der Waals surface area contributed by atoms with Crippen LogP contribution >= 0.6 is 22.7 Å². The summed E-state index contributed by atoms with van der Waals surface area (Å²) in [5.41, 5.74) is 0.176. The van der Waals surface area contributed by atoms with Crippen LogP contribution in [0.25, 0.3) is 17.3 Å². The molecule has 1 fully saturated rings. The topological polar surface area (TPSA) is 96.6 Å². The van der Waals surface area contributed by atoms with Gasteiger partial charge in [0.05, 0.1) is 30.5 Å². The molecule has 34 heavy (non-hydrogen) atoms. The molecule has 1 aromatic carbocycles. The van der Waals surface area contributed by atoms with Crippen LogP contribution in [0.15, 0.2) is 46.6 Å². The van der Waals surface area contributed by atoms with Crippen molar-refractivity contribution in [2.75, 3.05) is 46.5 Å². The minimum atomic E-state index is -0.498. The lowest BCUT2D eigenvalue weighted by atomic mass is 10.2. The van der Waals surface area contributed by atoms with Gasteiger partial charge in [-0.05, 0) is 41.8 Å². The third-order valence-corrected chi connectivity index (χ3v) is 7.25. The first-order valence-electron chi connectivity index (χ1n) is 10.7. The Kier molecular flexibility index (Phi) is 7.92. The number of nitriles is 1. The molecule has 0 aliphatic carbocycles. The zero-order valence-electron chi connectivity index (χ0n) is 18.7. The molecule has 0 bridgehead atoms. The van der Waals surface area contributed by atoms with E-state index < -0.39 is 5.91 Å². The number of benzene rings is 1. The van der Waals surface area contributed by atoms with Gasteiger partial charge < -0.3 is 14.8 Å². The zero-order valence-corrected chi connectivity index (χ0v) is 20.3. The van der Waals surface area contributed by atoms with Crippen LogP contribution < -0.4 is 24.8 Å². The molecule has 176 valence electrons. The van der Waals surface area contributed by atoms with Gasteiger partial charge in [-0.3, -0.25) is 19.1 Å². The maximum atomic E-state index is 13.4. The Bertz CT molecular complexity index is 1350. The van der Waals surface area contributed by atoms with Gasteiger partial charge in [0.1, 0.15) is 16.5 Å². The quantitative estimate of drug-likeness (QED) is 0.523. The first kappa shape index (κ1) is 23.9. The first-order chi connectivity index (χ1) is 16.6. The molecule has 0 saturated carbocycles. The van der Waals surface area contributed by atoms with Crippen LogP contribution in [-0.4, -0.2) is 61.9 Å². The van der Waals surface area contributed by atoms with Crippen molar-refractivity contribution in [3.63, 3.8) is 0 Å². The minimum absolute atomic E-state index is 0.0919. The van der Waals surface area contributed by atoms with E-state index in [2.05, 4.69) is 10.2 Å². The van der Waals surface area contributed by atoms with Gasteiger partial charge in [0.25, 0.3) is 11.5 Å². The molecule has 0 spiro atoms. The number of thiophene rings is 1. The zero-order chi connectivity index (χ0) is 23.9. The number of morpholine rings is 1. The number of hydrogen-bond acceptors (Lipinski definition) is 8. The second kappa shape index (κ2) is 11.3. The largest absolute Gasteiger partial charge is 0.497 e. The van der Waals surface area contributed by atoms with Crippen LogP contribution in [0.4, 0.5) is 0 Å². The maximum absolute atomic E-state index is 13.4. The molecule has 1 saturated heterocycles. The molecule has 10 heteroatoms. The molecule has 8 nitrogen and oxygen atoms in total. The van der Waals surface area contributed by atoms with Gasteiger partial charge in [-0.1, -0.05) is 6.07 Å². The fourth-order valence-electron chi connectivity index (χ4n) is 3.55. The van der Waals surface area contributed by atoms with Crippen molar-refractivity contribution in [2.24, 2.45) is 0 Å². The van der Waals surface area contributed by atoms with Gasteiger partial charge in [-0.25, -0.2) is 0 Å². The van der Waals surface area contributed by atoms with Gasteiger partial charge >= 0.3 is 0 Å². The lowest BCUT2D eigenvalue weighted by molar-refractivity contribution is -0.115. The predicted molar refractivity (Wildman–Crippen MR) is 133 cm³/mol. The highest BCUT2D eigenvalue weighted by molar-refractivity contribution is 7.11. The van der Waals surface area contributed by atoms with Gasteiger partial charge in [0.2, 0.25) is 0 Å². The summed E-state index contributed by atoms with van der Waals surface area (Å²) in [6, 6.07) is 12.8. The van der Waals surface area contributed by atoms with Crippen molar-refractivity contribution in [1.29, 1.82) is 5.26 Å². The molecule has 1 N–H and O–H groups in total. The van der Waals surface area contributed by atoms with E-state index in [0.29, 0.717) is 46.9 Å². The summed E-state index contributed by atoms with van der Waals surface area (Å²) in [5, 5.41) is 14.7. The van der Waals surface area contributed by atoms with E-state index in [9.17, 15) is 14.9 Å². The highest BCUT2D eigenvalue weighted by Gasteiger charge is 2.18. The molecule has 0 unspecified atom stereocenters. The second-order valence-corrected chi connectivity index (χ2v) is 9.48. The second-order valence-electron chi connectivity index (χ2n) is 7.47. The van der Waals surface area contributed by atoms with Crippen molar-refractivity contribution in [1.82, 2.24) is 14.8 Å². The van der Waals surface area contributed by atoms with E-state index >= 15 is 0 Å². The van der Waals surface area contributed by atoms with E-state index in [1.165, 1.54) is 15.9 Å². The molecular weight excluding hydrogens is 472 g/mol. The smallest absolute Gasteiger partial charge is 0.273 e. The fraction of sp³-hybridized carbons (Fsp3) is 0.292. The summed E-state index contributed by atoms with van der Waals surface area (Å²) in [7, 11) is 1.56. The standard InChI is InChI=1S/C24H24N4O4S2/c1-31-18-6-4-17(5-7-18)28-23(30)21(15-19-3-2-14-33-19)34-24(28)20(16-25)22(29)26-8-9-27-10-12-32-13-11-27/h2-7,14-15H,8-13H2,1H3,(H,26,29)/b21-15-,24-20-. The Balaban J connectivity index is 1.74. The van der Waals surface area contributed by atoms with Crippen molar-refractivity contribution in [2.45, 2.75) is 0 Å². The minimum Gasteiger partial charge on any atom is -0.497 e. The van der Waals surface area contributed by atoms with Crippen molar-refractivity contribution in [3.05, 3.63) is 66.2 Å². The number of hydrogen-bond donors (Lipinski definition) is 1. The van der Waals surface area contributed by atoms with E-state index in [-0.39, 0.29) is 11.1 Å². The van der Waals surface area contributed by atoms with Crippen LogP contribution in [0, 0.1) is 11.3 Å². The molecule has 0 radical (unpaired) electrons. The Hall–Kier alpha value is -3.23. The van der Waals surface area contributed by atoms with Crippen LogP contribution in [0.5, 0.6) is 5.75 Å². The Labute approximate surface area is 204 Å². The number of ether oxygens (including phenoxy) is 2. The average molecular weight is 497 g/mol. The molecule has 3 aromatic rings. The number of methoxy groups -OCH3 is 1. The van der Waals surface area contributed by atoms with E-state index in [4.69, 9.17) is 9.47 Å². The van der Waals surface area contributed by atoms with E-state index in [1.807, 2.05) is 23.6 Å². The Morgan fingerprint density at radius 3 is 2.68 bits per heavy atom.